The van der Waals surface area contributed by atoms with Gasteiger partial charge < -0.3 is 14.8 Å². The van der Waals surface area contributed by atoms with Crippen LogP contribution >= 0.6 is 11.8 Å². The fourth-order valence-corrected chi connectivity index (χ4v) is 2.19. The number of hydrogen-bond donors (Lipinski definition) is 1. The van der Waals surface area contributed by atoms with Crippen molar-refractivity contribution in [1.29, 1.82) is 0 Å². The molecule has 0 aliphatic heterocycles. The van der Waals surface area contributed by atoms with Gasteiger partial charge in [0.05, 0.1) is 6.54 Å². The molecule has 0 saturated heterocycles. The molecular formula is C11H21N5OS. The van der Waals surface area contributed by atoms with Crippen molar-refractivity contribution in [1.82, 2.24) is 25.0 Å². The molecule has 7 heteroatoms. The number of nitrogens with one attached hydrogen (secondary N) is 1. The number of rotatable bonds is 6. The van der Waals surface area contributed by atoms with Crippen LogP contribution in [0, 0.1) is 0 Å². The second kappa shape index (κ2) is 7.25. The lowest BCUT2D eigenvalue weighted by Crippen LogP contribution is -2.39. The van der Waals surface area contributed by atoms with Gasteiger partial charge in [-0.1, -0.05) is 18.7 Å². The maximum Gasteiger partial charge on any atom is 0.317 e. The average molecular weight is 271 g/mol. The van der Waals surface area contributed by atoms with Gasteiger partial charge in [0.15, 0.2) is 11.0 Å². The molecule has 0 spiro atoms. The Balaban J connectivity index is 2.55. The third-order valence-corrected chi connectivity index (χ3v) is 3.55. The molecule has 0 saturated carbocycles. The molecule has 1 rings (SSSR count). The van der Waals surface area contributed by atoms with Crippen LogP contribution in [0.4, 0.5) is 4.79 Å². The van der Waals surface area contributed by atoms with Crippen molar-refractivity contribution < 1.29 is 4.79 Å². The molecule has 18 heavy (non-hydrogen) atoms. The first-order valence-corrected chi connectivity index (χ1v) is 7.16. The van der Waals surface area contributed by atoms with Gasteiger partial charge in [0.1, 0.15) is 0 Å². The predicted molar refractivity (Wildman–Crippen MR) is 72.6 cm³/mol. The van der Waals surface area contributed by atoms with Crippen LogP contribution in [-0.4, -0.2) is 44.5 Å². The Morgan fingerprint density at radius 2 is 2.00 bits per heavy atom. The number of carbonyl (C=O) groups excluding carboxylic acids is 1. The quantitative estimate of drug-likeness (QED) is 0.796. The van der Waals surface area contributed by atoms with Crippen LogP contribution in [0.1, 0.15) is 26.6 Å². The average Bonchev–Trinajstić information content (AvgIpc) is 2.70. The molecule has 0 atom stereocenters. The van der Waals surface area contributed by atoms with Gasteiger partial charge in [-0.3, -0.25) is 0 Å². The lowest BCUT2D eigenvalue weighted by molar-refractivity contribution is 0.202. The van der Waals surface area contributed by atoms with Gasteiger partial charge in [0.25, 0.3) is 0 Å². The Morgan fingerprint density at radius 1 is 1.33 bits per heavy atom. The Morgan fingerprint density at radius 3 is 2.56 bits per heavy atom. The summed E-state index contributed by atoms with van der Waals surface area (Å²) in [6.45, 7) is 7.81. The van der Waals surface area contributed by atoms with Gasteiger partial charge in [0.2, 0.25) is 0 Å². The van der Waals surface area contributed by atoms with Crippen LogP contribution < -0.4 is 5.32 Å². The van der Waals surface area contributed by atoms with Crippen LogP contribution in [0.15, 0.2) is 5.16 Å². The van der Waals surface area contributed by atoms with Crippen LogP contribution in [0.2, 0.25) is 0 Å². The molecule has 1 aromatic heterocycles. The number of nitrogens with zero attached hydrogens (tertiary/aromatic N) is 4. The zero-order chi connectivity index (χ0) is 13.5. The molecule has 102 valence electrons. The maximum absolute atomic E-state index is 11.8. The Bertz CT molecular complexity index is 389. The lowest BCUT2D eigenvalue weighted by Gasteiger charge is -2.18. The first kappa shape index (κ1) is 14.8. The van der Waals surface area contributed by atoms with Gasteiger partial charge in [-0.05, 0) is 19.6 Å². The second-order valence-corrected chi connectivity index (χ2v) is 4.95. The Labute approximate surface area is 112 Å². The van der Waals surface area contributed by atoms with Gasteiger partial charge in [-0.15, -0.1) is 10.2 Å². The number of hydrogen-bond acceptors (Lipinski definition) is 4. The van der Waals surface area contributed by atoms with E-state index in [0.717, 1.165) is 16.7 Å². The SMILES string of the molecule is CCSc1nnc(CNC(=O)N(CC)CC)n1C. The van der Waals surface area contributed by atoms with Crippen molar-refractivity contribution >= 4 is 17.8 Å². The van der Waals surface area contributed by atoms with Crippen molar-refractivity contribution in [3.8, 4) is 0 Å². The normalized spacial score (nSPS) is 10.4. The Kier molecular flexibility index (Phi) is 5.97. The van der Waals surface area contributed by atoms with Gasteiger partial charge in [-0.2, -0.15) is 0 Å². The van der Waals surface area contributed by atoms with Crippen LogP contribution in [0.3, 0.4) is 0 Å². The van der Waals surface area contributed by atoms with Crippen LogP contribution in [0.25, 0.3) is 0 Å². The van der Waals surface area contributed by atoms with Crippen molar-refractivity contribution in [3.63, 3.8) is 0 Å². The number of aromatic nitrogens is 3. The highest BCUT2D eigenvalue weighted by Gasteiger charge is 2.12. The van der Waals surface area contributed by atoms with E-state index in [1.165, 1.54) is 0 Å². The first-order chi connectivity index (χ1) is 8.63. The van der Waals surface area contributed by atoms with E-state index >= 15 is 0 Å². The molecule has 0 aliphatic carbocycles. The minimum Gasteiger partial charge on any atom is -0.331 e. The molecule has 0 radical (unpaired) electrons. The fourth-order valence-electron chi connectivity index (χ4n) is 1.53. The highest BCUT2D eigenvalue weighted by atomic mass is 32.2. The largest absolute Gasteiger partial charge is 0.331 e. The molecule has 0 aliphatic rings. The minimum absolute atomic E-state index is 0.0623. The second-order valence-electron chi connectivity index (χ2n) is 3.72. The van der Waals surface area contributed by atoms with Gasteiger partial charge in [0, 0.05) is 20.1 Å². The van der Waals surface area contributed by atoms with E-state index in [2.05, 4.69) is 22.4 Å². The number of thioether (sulfide) groups is 1. The molecule has 0 aromatic carbocycles. The van der Waals surface area contributed by atoms with E-state index in [0.29, 0.717) is 19.6 Å². The summed E-state index contributed by atoms with van der Waals surface area (Å²) in [5, 5.41) is 11.9. The van der Waals surface area contributed by atoms with E-state index in [1.54, 1.807) is 16.7 Å². The molecular weight excluding hydrogens is 250 g/mol. The highest BCUT2D eigenvalue weighted by molar-refractivity contribution is 7.99. The number of urea groups is 1. The van der Waals surface area contributed by atoms with Crippen LogP contribution in [0.5, 0.6) is 0 Å². The predicted octanol–water partition coefficient (Wildman–Crippen LogP) is 1.48. The standard InChI is InChI=1S/C11H21N5OS/c1-5-16(6-2)10(17)12-8-9-13-14-11(15(9)4)18-7-3/h5-8H2,1-4H3,(H,12,17). The zero-order valence-corrected chi connectivity index (χ0v) is 12.3. The zero-order valence-electron chi connectivity index (χ0n) is 11.4. The van der Waals surface area contributed by atoms with Crippen molar-refractivity contribution in [2.75, 3.05) is 18.8 Å². The summed E-state index contributed by atoms with van der Waals surface area (Å²) in [5.41, 5.74) is 0. The summed E-state index contributed by atoms with van der Waals surface area (Å²) in [6.07, 6.45) is 0. The van der Waals surface area contributed by atoms with Crippen LogP contribution in [-0.2, 0) is 13.6 Å². The third-order valence-electron chi connectivity index (χ3n) is 2.65. The topological polar surface area (TPSA) is 63.1 Å². The number of amides is 2. The molecule has 2 amide bonds. The molecule has 1 N–H and O–H groups in total. The number of carbonyl (C=O) groups is 1. The smallest absolute Gasteiger partial charge is 0.317 e. The summed E-state index contributed by atoms with van der Waals surface area (Å²) in [4.78, 5) is 13.5. The Hall–Kier alpha value is -1.24. The molecule has 0 bridgehead atoms. The van der Waals surface area contributed by atoms with Crippen molar-refractivity contribution in [2.45, 2.75) is 32.5 Å². The molecule has 1 heterocycles. The summed E-state index contributed by atoms with van der Waals surface area (Å²) in [5.74, 6) is 1.73. The third kappa shape index (κ3) is 3.63. The molecule has 1 aromatic rings. The van der Waals surface area contributed by atoms with E-state index in [-0.39, 0.29) is 6.03 Å². The molecule has 0 unspecified atom stereocenters. The van der Waals surface area contributed by atoms with E-state index in [1.807, 2.05) is 25.5 Å². The summed E-state index contributed by atoms with van der Waals surface area (Å²) >= 11 is 1.64. The maximum atomic E-state index is 11.8. The highest BCUT2D eigenvalue weighted by Crippen LogP contribution is 2.14. The minimum atomic E-state index is -0.0623. The van der Waals surface area contributed by atoms with E-state index < -0.39 is 0 Å². The van der Waals surface area contributed by atoms with Crippen molar-refractivity contribution in [3.05, 3.63) is 5.82 Å². The van der Waals surface area contributed by atoms with Gasteiger partial charge in [-0.25, -0.2) is 4.79 Å². The van der Waals surface area contributed by atoms with E-state index in [4.69, 9.17) is 0 Å². The molecule has 0 fully saturated rings. The monoisotopic (exact) mass is 271 g/mol. The fraction of sp³-hybridized carbons (Fsp3) is 0.727. The van der Waals surface area contributed by atoms with Crippen molar-refractivity contribution in [2.24, 2.45) is 7.05 Å². The summed E-state index contributed by atoms with van der Waals surface area (Å²) in [7, 11) is 1.91. The molecule has 6 nitrogen and oxygen atoms in total. The lowest BCUT2D eigenvalue weighted by atomic mass is 10.5. The first-order valence-electron chi connectivity index (χ1n) is 6.17. The summed E-state index contributed by atoms with van der Waals surface area (Å²) in [6, 6.07) is -0.0623. The van der Waals surface area contributed by atoms with Gasteiger partial charge >= 0.3 is 6.03 Å². The summed E-state index contributed by atoms with van der Waals surface area (Å²) < 4.78 is 1.91. The van der Waals surface area contributed by atoms with E-state index in [9.17, 15) is 4.79 Å².